The fourth-order valence-electron chi connectivity index (χ4n) is 1.49. The molecule has 0 aliphatic heterocycles. The van der Waals surface area contributed by atoms with E-state index >= 15 is 0 Å². The zero-order chi connectivity index (χ0) is 13.9. The van der Waals surface area contributed by atoms with E-state index in [0.717, 1.165) is 10.8 Å². The van der Waals surface area contributed by atoms with Gasteiger partial charge in [0.1, 0.15) is 5.76 Å². The Labute approximate surface area is 116 Å². The number of rotatable bonds is 6. The van der Waals surface area contributed by atoms with Crippen LogP contribution < -0.4 is 5.32 Å². The predicted molar refractivity (Wildman–Crippen MR) is 74.4 cm³/mol. The van der Waals surface area contributed by atoms with Crippen molar-refractivity contribution in [1.29, 1.82) is 0 Å². The van der Waals surface area contributed by atoms with Gasteiger partial charge >= 0.3 is 0 Å². The van der Waals surface area contributed by atoms with Gasteiger partial charge in [0, 0.05) is 25.5 Å². The third-order valence-corrected chi connectivity index (χ3v) is 5.12. The number of nitrogens with zero attached hydrogens (tertiary/aromatic N) is 1. The third-order valence-electron chi connectivity index (χ3n) is 2.55. The Morgan fingerprint density at radius 1 is 1.26 bits per heavy atom. The van der Waals surface area contributed by atoms with E-state index in [0.29, 0.717) is 12.3 Å². The quantitative estimate of drug-likeness (QED) is 0.885. The molecule has 0 atom stereocenters. The van der Waals surface area contributed by atoms with E-state index in [9.17, 15) is 8.42 Å². The molecule has 0 saturated carbocycles. The van der Waals surface area contributed by atoms with Gasteiger partial charge in [-0.1, -0.05) is 6.07 Å². The van der Waals surface area contributed by atoms with Gasteiger partial charge < -0.3 is 9.73 Å². The van der Waals surface area contributed by atoms with Crippen molar-refractivity contribution in [1.82, 2.24) is 9.62 Å². The average Bonchev–Trinajstić information content (AvgIpc) is 2.99. The minimum Gasteiger partial charge on any atom is -0.447 e. The van der Waals surface area contributed by atoms with E-state index < -0.39 is 10.0 Å². The minimum absolute atomic E-state index is 0.0228. The van der Waals surface area contributed by atoms with Gasteiger partial charge in [0.25, 0.3) is 10.0 Å². The van der Waals surface area contributed by atoms with Crippen LogP contribution in [0.5, 0.6) is 0 Å². The molecule has 0 amide bonds. The first-order valence-electron chi connectivity index (χ1n) is 5.74. The average molecular weight is 300 g/mol. The van der Waals surface area contributed by atoms with E-state index in [4.69, 9.17) is 4.42 Å². The van der Waals surface area contributed by atoms with Crippen molar-refractivity contribution in [2.45, 2.75) is 18.2 Å². The van der Waals surface area contributed by atoms with Crippen LogP contribution >= 0.6 is 11.3 Å². The molecule has 0 radical (unpaired) electrons. The summed E-state index contributed by atoms with van der Waals surface area (Å²) in [6, 6.07) is 7.20. The van der Waals surface area contributed by atoms with Crippen LogP contribution in [-0.4, -0.2) is 26.8 Å². The molecule has 104 valence electrons. The predicted octanol–water partition coefficient (Wildman–Crippen LogP) is 1.88. The molecule has 0 aliphatic carbocycles. The molecule has 1 N–H and O–H groups in total. The van der Waals surface area contributed by atoms with Crippen LogP contribution in [0.2, 0.25) is 0 Å². The molecule has 2 heterocycles. The molecule has 2 aromatic rings. The van der Waals surface area contributed by atoms with Crippen LogP contribution in [0.1, 0.15) is 10.6 Å². The fraction of sp³-hybridized carbons (Fsp3) is 0.333. The zero-order valence-corrected chi connectivity index (χ0v) is 12.4. The number of hydrogen-bond donors (Lipinski definition) is 1. The summed E-state index contributed by atoms with van der Waals surface area (Å²) in [5.74, 6) is 0.608. The van der Waals surface area contributed by atoms with E-state index in [2.05, 4.69) is 5.32 Å². The molecule has 0 fully saturated rings. The summed E-state index contributed by atoms with van der Waals surface area (Å²) in [6.07, 6.45) is 0. The molecule has 0 unspecified atom stereocenters. The Hall–Kier alpha value is -1.15. The summed E-state index contributed by atoms with van der Waals surface area (Å²) in [4.78, 5) is 1.23. The lowest BCUT2D eigenvalue weighted by molar-refractivity contribution is 0.389. The highest BCUT2D eigenvalue weighted by Gasteiger charge is 2.21. The highest BCUT2D eigenvalue weighted by molar-refractivity contribution is 7.88. The first kappa shape index (κ1) is 14.3. The Morgan fingerprint density at radius 3 is 2.68 bits per heavy atom. The lowest BCUT2D eigenvalue weighted by Gasteiger charge is -2.07. The summed E-state index contributed by atoms with van der Waals surface area (Å²) in [6.45, 7) is 1.25. The van der Waals surface area contributed by atoms with E-state index in [1.54, 1.807) is 17.4 Å². The Kier molecular flexibility index (Phi) is 4.41. The third kappa shape index (κ3) is 3.44. The number of sulfonamides is 1. The highest BCUT2D eigenvalue weighted by Crippen LogP contribution is 2.17. The standard InChI is InChI=1S/C12H16N2O3S2/c1-14(2)19(15,16)12-6-5-10(17-12)8-13-9-11-4-3-7-18-11/h3-7,13H,8-9H2,1-2H3. The summed E-state index contributed by atoms with van der Waals surface area (Å²) < 4.78 is 30.1. The number of thiophene rings is 1. The van der Waals surface area contributed by atoms with Crippen LogP contribution in [-0.2, 0) is 23.1 Å². The van der Waals surface area contributed by atoms with Crippen molar-refractivity contribution in [3.05, 3.63) is 40.3 Å². The number of furan rings is 1. The summed E-state index contributed by atoms with van der Waals surface area (Å²) in [5.41, 5.74) is 0. The lowest BCUT2D eigenvalue weighted by Crippen LogP contribution is -2.21. The van der Waals surface area contributed by atoms with Crippen LogP contribution in [0.4, 0.5) is 0 Å². The van der Waals surface area contributed by atoms with Crippen LogP contribution in [0.25, 0.3) is 0 Å². The second-order valence-corrected chi connectivity index (χ2v) is 7.31. The molecule has 2 rings (SSSR count). The molecule has 0 bridgehead atoms. The maximum atomic E-state index is 11.8. The first-order chi connectivity index (χ1) is 9.00. The number of nitrogens with one attached hydrogen (secondary N) is 1. The van der Waals surface area contributed by atoms with Crippen molar-refractivity contribution >= 4 is 21.4 Å². The molecule has 5 nitrogen and oxygen atoms in total. The van der Waals surface area contributed by atoms with Crippen molar-refractivity contribution in [2.75, 3.05) is 14.1 Å². The highest BCUT2D eigenvalue weighted by atomic mass is 32.2. The molecule has 19 heavy (non-hydrogen) atoms. The van der Waals surface area contributed by atoms with Gasteiger partial charge in [-0.25, -0.2) is 12.7 Å². The van der Waals surface area contributed by atoms with Gasteiger partial charge in [-0.3, -0.25) is 0 Å². The van der Waals surface area contributed by atoms with Crippen molar-refractivity contribution < 1.29 is 12.8 Å². The van der Waals surface area contributed by atoms with Gasteiger partial charge in [-0.15, -0.1) is 11.3 Å². The Bertz CT molecular complexity index is 615. The Morgan fingerprint density at radius 2 is 2.05 bits per heavy atom. The molecular formula is C12H16N2O3S2. The van der Waals surface area contributed by atoms with Gasteiger partial charge in [0.15, 0.2) is 0 Å². The van der Waals surface area contributed by atoms with Gasteiger partial charge in [0.05, 0.1) is 6.54 Å². The second-order valence-electron chi connectivity index (χ2n) is 4.19. The van der Waals surface area contributed by atoms with Crippen molar-refractivity contribution in [3.63, 3.8) is 0 Å². The van der Waals surface area contributed by atoms with E-state index in [1.165, 1.54) is 25.0 Å². The lowest BCUT2D eigenvalue weighted by atomic mass is 10.4. The minimum atomic E-state index is -3.48. The molecular weight excluding hydrogens is 284 g/mol. The summed E-state index contributed by atoms with van der Waals surface area (Å²) in [7, 11) is -0.526. The first-order valence-corrected chi connectivity index (χ1v) is 8.06. The number of hydrogen-bond acceptors (Lipinski definition) is 5. The van der Waals surface area contributed by atoms with Crippen LogP contribution in [0, 0.1) is 0 Å². The molecule has 0 aromatic carbocycles. The molecule has 0 spiro atoms. The second kappa shape index (κ2) is 5.87. The molecule has 0 aliphatic rings. The summed E-state index contributed by atoms with van der Waals surface area (Å²) in [5, 5.41) is 5.20. The van der Waals surface area contributed by atoms with E-state index in [1.807, 2.05) is 17.5 Å². The maximum Gasteiger partial charge on any atom is 0.275 e. The van der Waals surface area contributed by atoms with Gasteiger partial charge in [-0.05, 0) is 23.6 Å². The smallest absolute Gasteiger partial charge is 0.275 e. The fourth-order valence-corrected chi connectivity index (χ4v) is 2.98. The van der Waals surface area contributed by atoms with E-state index in [-0.39, 0.29) is 5.09 Å². The molecule has 7 heteroatoms. The van der Waals surface area contributed by atoms with Crippen LogP contribution in [0.15, 0.2) is 39.2 Å². The molecule has 2 aromatic heterocycles. The maximum absolute atomic E-state index is 11.8. The van der Waals surface area contributed by atoms with Gasteiger partial charge in [-0.2, -0.15) is 0 Å². The van der Waals surface area contributed by atoms with Crippen LogP contribution in [0.3, 0.4) is 0 Å². The topological polar surface area (TPSA) is 62.6 Å². The largest absolute Gasteiger partial charge is 0.447 e. The van der Waals surface area contributed by atoms with Crippen molar-refractivity contribution in [2.24, 2.45) is 0 Å². The van der Waals surface area contributed by atoms with Crippen molar-refractivity contribution in [3.8, 4) is 0 Å². The Balaban J connectivity index is 1.94. The van der Waals surface area contributed by atoms with Gasteiger partial charge in [0.2, 0.25) is 5.09 Å². The SMILES string of the molecule is CN(C)S(=O)(=O)c1ccc(CNCc2cccs2)o1. The summed E-state index contributed by atoms with van der Waals surface area (Å²) >= 11 is 1.68. The zero-order valence-electron chi connectivity index (χ0n) is 10.8. The normalized spacial score (nSPS) is 12.2. The molecule has 0 saturated heterocycles. The monoisotopic (exact) mass is 300 g/mol.